The first-order chi connectivity index (χ1) is 11.9. The number of rotatable bonds is 3. The van der Waals surface area contributed by atoms with Crippen LogP contribution in [0.25, 0.3) is 5.76 Å². The molecule has 0 fully saturated rings. The van der Waals surface area contributed by atoms with Gasteiger partial charge in [-0.2, -0.15) is 5.26 Å². The number of nitrogens with zero attached hydrogens (tertiary/aromatic N) is 3. The van der Waals surface area contributed by atoms with Crippen molar-refractivity contribution in [3.63, 3.8) is 0 Å². The molecule has 2 aromatic rings. The minimum Gasteiger partial charge on any atom is -0.506 e. The number of ketones is 1. The predicted octanol–water partition coefficient (Wildman–Crippen LogP) is 3.66. The highest BCUT2D eigenvalue weighted by Crippen LogP contribution is 2.33. The van der Waals surface area contributed by atoms with Gasteiger partial charge in [-0.15, -0.1) is 0 Å². The molecule has 7 nitrogen and oxygen atoms in total. The molecule has 1 N–H and O–H groups in total. The smallest absolute Gasteiger partial charge is 0.271 e. The zero-order chi connectivity index (χ0) is 18.1. The molecule has 0 heterocycles. The SMILES string of the molecule is Cc1ccc([N+](=O)[O-])cc1N=C(C#N)C1=C(O)c2ccccc2C1=O. The number of fused-ring (bicyclic) bond motifs is 1. The van der Waals surface area contributed by atoms with Crippen LogP contribution in [-0.2, 0) is 0 Å². The number of allylic oxidation sites excluding steroid dienone is 1. The number of hydrogen-bond acceptors (Lipinski definition) is 6. The van der Waals surface area contributed by atoms with Crippen molar-refractivity contribution in [2.24, 2.45) is 4.99 Å². The van der Waals surface area contributed by atoms with E-state index in [-0.39, 0.29) is 34.0 Å². The number of nitro groups is 1. The third-order valence-corrected chi connectivity index (χ3v) is 3.87. The summed E-state index contributed by atoms with van der Waals surface area (Å²) in [5.74, 6) is -0.819. The van der Waals surface area contributed by atoms with Gasteiger partial charge in [0.1, 0.15) is 17.4 Å². The molecule has 0 saturated carbocycles. The molecule has 7 heteroatoms. The lowest BCUT2D eigenvalue weighted by atomic mass is 10.1. The van der Waals surface area contributed by atoms with Crippen molar-refractivity contribution in [1.82, 2.24) is 0 Å². The number of hydrogen-bond donors (Lipinski definition) is 1. The Morgan fingerprint density at radius 3 is 2.52 bits per heavy atom. The number of nitro benzene ring substituents is 1. The third kappa shape index (κ3) is 2.66. The van der Waals surface area contributed by atoms with Gasteiger partial charge in [-0.05, 0) is 12.5 Å². The van der Waals surface area contributed by atoms with Gasteiger partial charge in [-0.1, -0.05) is 30.3 Å². The Kier molecular flexibility index (Phi) is 3.87. The number of carbonyl (C=O) groups excluding carboxylic acids is 1. The number of carbonyl (C=O) groups is 1. The monoisotopic (exact) mass is 333 g/mol. The number of aliphatic hydroxyl groups is 1. The Hall–Kier alpha value is -3.79. The number of non-ortho nitro benzene ring substituents is 1. The first-order valence-corrected chi connectivity index (χ1v) is 7.25. The Morgan fingerprint density at radius 2 is 1.92 bits per heavy atom. The fraction of sp³-hybridized carbons (Fsp3) is 0.0556. The van der Waals surface area contributed by atoms with E-state index in [1.165, 1.54) is 18.2 Å². The maximum Gasteiger partial charge on any atom is 0.271 e. The summed E-state index contributed by atoms with van der Waals surface area (Å²) in [5, 5.41) is 30.7. The van der Waals surface area contributed by atoms with Crippen molar-refractivity contribution < 1.29 is 14.8 Å². The largest absolute Gasteiger partial charge is 0.506 e. The zero-order valence-corrected chi connectivity index (χ0v) is 13.1. The fourth-order valence-corrected chi connectivity index (χ4v) is 2.57. The Labute approximate surface area is 142 Å². The number of aliphatic imine (C=N–C) groups is 1. The van der Waals surface area contributed by atoms with Crippen molar-refractivity contribution >= 4 is 28.6 Å². The molecular weight excluding hydrogens is 322 g/mol. The zero-order valence-electron chi connectivity index (χ0n) is 13.1. The first-order valence-electron chi connectivity index (χ1n) is 7.25. The molecule has 2 aromatic carbocycles. The van der Waals surface area contributed by atoms with E-state index in [0.29, 0.717) is 11.1 Å². The van der Waals surface area contributed by atoms with E-state index < -0.39 is 10.7 Å². The second-order valence-electron chi connectivity index (χ2n) is 5.40. The Balaban J connectivity index is 2.14. The number of Topliss-reactive ketones (excluding diaryl/α,β-unsaturated/α-hetero) is 1. The summed E-state index contributed by atoms with van der Waals surface area (Å²) in [7, 11) is 0. The summed E-state index contributed by atoms with van der Waals surface area (Å²) in [5.41, 5.74) is 0.740. The van der Waals surface area contributed by atoms with Crippen molar-refractivity contribution in [3.8, 4) is 6.07 Å². The van der Waals surface area contributed by atoms with E-state index in [1.54, 1.807) is 37.3 Å². The molecule has 0 aliphatic heterocycles. The van der Waals surface area contributed by atoms with Crippen molar-refractivity contribution in [2.75, 3.05) is 0 Å². The van der Waals surface area contributed by atoms with Crippen LogP contribution in [0.1, 0.15) is 21.5 Å². The van der Waals surface area contributed by atoms with Gasteiger partial charge in [0.25, 0.3) is 5.69 Å². The average molecular weight is 333 g/mol. The lowest BCUT2D eigenvalue weighted by Crippen LogP contribution is -2.09. The minimum absolute atomic E-state index is 0.180. The second kappa shape index (κ2) is 6.02. The number of aryl methyl sites for hydroxylation is 1. The molecular formula is C18H11N3O4. The average Bonchev–Trinajstić information content (AvgIpc) is 2.86. The van der Waals surface area contributed by atoms with Crippen LogP contribution in [0.5, 0.6) is 0 Å². The molecule has 0 atom stereocenters. The molecule has 0 aromatic heterocycles. The normalized spacial score (nSPS) is 13.6. The molecule has 0 radical (unpaired) electrons. The van der Waals surface area contributed by atoms with Gasteiger partial charge >= 0.3 is 0 Å². The molecule has 0 spiro atoms. The Morgan fingerprint density at radius 1 is 1.24 bits per heavy atom. The van der Waals surface area contributed by atoms with Gasteiger partial charge < -0.3 is 5.11 Å². The van der Waals surface area contributed by atoms with Gasteiger partial charge in [-0.25, -0.2) is 4.99 Å². The van der Waals surface area contributed by atoms with Crippen LogP contribution >= 0.6 is 0 Å². The second-order valence-corrected chi connectivity index (χ2v) is 5.40. The van der Waals surface area contributed by atoms with Gasteiger partial charge in [0, 0.05) is 23.3 Å². The Bertz CT molecular complexity index is 1030. The molecule has 0 bridgehead atoms. The van der Waals surface area contributed by atoms with Crippen molar-refractivity contribution in [3.05, 3.63) is 74.8 Å². The summed E-state index contributed by atoms with van der Waals surface area (Å²) >= 11 is 0. The third-order valence-electron chi connectivity index (χ3n) is 3.87. The van der Waals surface area contributed by atoms with Gasteiger partial charge in [0.2, 0.25) is 0 Å². The van der Waals surface area contributed by atoms with E-state index in [2.05, 4.69) is 4.99 Å². The number of aliphatic hydroxyl groups excluding tert-OH is 1. The van der Waals surface area contributed by atoms with Gasteiger partial charge in [0.15, 0.2) is 11.5 Å². The summed E-state index contributed by atoms with van der Waals surface area (Å²) in [6, 6.07) is 12.3. The molecule has 0 saturated heterocycles. The molecule has 0 amide bonds. The maximum atomic E-state index is 12.5. The number of nitriles is 1. The maximum absolute atomic E-state index is 12.5. The molecule has 0 unspecified atom stereocenters. The van der Waals surface area contributed by atoms with Crippen molar-refractivity contribution in [1.29, 1.82) is 5.26 Å². The highest BCUT2D eigenvalue weighted by Gasteiger charge is 2.32. The molecule has 1 aliphatic rings. The van der Waals surface area contributed by atoms with Crippen LogP contribution in [0.15, 0.2) is 53.0 Å². The highest BCUT2D eigenvalue weighted by atomic mass is 16.6. The van der Waals surface area contributed by atoms with E-state index in [4.69, 9.17) is 0 Å². The van der Waals surface area contributed by atoms with E-state index >= 15 is 0 Å². The van der Waals surface area contributed by atoms with Crippen LogP contribution in [0, 0.1) is 28.4 Å². The van der Waals surface area contributed by atoms with Crippen molar-refractivity contribution in [2.45, 2.75) is 6.92 Å². The fourth-order valence-electron chi connectivity index (χ4n) is 2.57. The molecule has 1 aliphatic carbocycles. The minimum atomic E-state index is -0.572. The lowest BCUT2D eigenvalue weighted by Gasteiger charge is -2.03. The lowest BCUT2D eigenvalue weighted by molar-refractivity contribution is -0.384. The van der Waals surface area contributed by atoms with E-state index in [0.717, 1.165) is 0 Å². The van der Waals surface area contributed by atoms with Crippen LogP contribution in [0.3, 0.4) is 0 Å². The summed E-state index contributed by atoms with van der Waals surface area (Å²) in [6.07, 6.45) is 0. The van der Waals surface area contributed by atoms with Crippen LogP contribution in [-0.4, -0.2) is 21.5 Å². The topological polar surface area (TPSA) is 117 Å². The summed E-state index contributed by atoms with van der Waals surface area (Å²) in [4.78, 5) is 26.9. The van der Waals surface area contributed by atoms with E-state index in [1.807, 2.05) is 0 Å². The quantitative estimate of drug-likeness (QED) is 0.522. The van der Waals surface area contributed by atoms with Gasteiger partial charge in [-0.3, -0.25) is 14.9 Å². The first kappa shape index (κ1) is 16.1. The molecule has 3 rings (SSSR count). The highest BCUT2D eigenvalue weighted by molar-refractivity contribution is 6.39. The number of benzene rings is 2. The van der Waals surface area contributed by atoms with Gasteiger partial charge in [0.05, 0.1) is 10.6 Å². The van der Waals surface area contributed by atoms with Crippen LogP contribution in [0.2, 0.25) is 0 Å². The summed E-state index contributed by atoms with van der Waals surface area (Å²) < 4.78 is 0. The predicted molar refractivity (Wildman–Crippen MR) is 90.9 cm³/mol. The molecule has 122 valence electrons. The standard InChI is InChI=1S/C18H11N3O4/c1-10-6-7-11(21(24)25)8-14(10)20-15(9-19)16-17(22)12-4-2-3-5-13(12)18(16)23/h2-8,22H,1H3. The van der Waals surface area contributed by atoms with E-state index in [9.17, 15) is 25.3 Å². The van der Waals surface area contributed by atoms with Crippen LogP contribution < -0.4 is 0 Å². The molecule has 25 heavy (non-hydrogen) atoms. The summed E-state index contributed by atoms with van der Waals surface area (Å²) in [6.45, 7) is 1.68. The van der Waals surface area contributed by atoms with Crippen LogP contribution in [0.4, 0.5) is 11.4 Å².